The summed E-state index contributed by atoms with van der Waals surface area (Å²) in [6, 6.07) is 13.4. The van der Waals surface area contributed by atoms with Gasteiger partial charge in [0.25, 0.3) is 0 Å². The van der Waals surface area contributed by atoms with Crippen molar-refractivity contribution in [1.29, 1.82) is 0 Å². The molecule has 1 aromatic carbocycles. The second-order valence-corrected chi connectivity index (χ2v) is 5.82. The highest BCUT2D eigenvalue weighted by Gasteiger charge is 2.09. The van der Waals surface area contributed by atoms with E-state index in [2.05, 4.69) is 15.5 Å². The molecule has 0 saturated carbocycles. The van der Waals surface area contributed by atoms with E-state index >= 15 is 0 Å². The number of carbonyl (C=O) groups excluding carboxylic acids is 1. The minimum Gasteiger partial charge on any atom is -0.463 e. The summed E-state index contributed by atoms with van der Waals surface area (Å²) < 4.78 is 5.21. The zero-order chi connectivity index (χ0) is 16.1. The van der Waals surface area contributed by atoms with Gasteiger partial charge in [-0.2, -0.15) is 5.10 Å². The molecule has 0 radical (unpaired) electrons. The second kappa shape index (κ2) is 7.02. The first kappa shape index (κ1) is 15.2. The third kappa shape index (κ3) is 3.92. The van der Waals surface area contributed by atoms with Gasteiger partial charge in [-0.25, -0.2) is 10.4 Å². The summed E-state index contributed by atoms with van der Waals surface area (Å²) in [5.74, 6) is 0.427. The number of hydrogen-bond acceptors (Lipinski definition) is 5. The van der Waals surface area contributed by atoms with Crippen molar-refractivity contribution in [2.24, 2.45) is 5.10 Å². The van der Waals surface area contributed by atoms with Gasteiger partial charge < -0.3 is 4.42 Å². The number of aromatic nitrogens is 1. The highest BCUT2D eigenvalue weighted by molar-refractivity contribution is 7.10. The van der Waals surface area contributed by atoms with Crippen LogP contribution in [-0.2, 0) is 11.2 Å². The van der Waals surface area contributed by atoms with Crippen molar-refractivity contribution < 1.29 is 9.21 Å². The Kier molecular flexibility index (Phi) is 4.63. The molecule has 0 aliphatic carbocycles. The SMILES string of the molecule is C/C(=N/NC(=O)Cc1nc(-c2ccccc2)cs1)c1ccco1. The van der Waals surface area contributed by atoms with Gasteiger partial charge in [-0.05, 0) is 19.1 Å². The fourth-order valence-corrected chi connectivity index (χ4v) is 2.80. The molecule has 0 aliphatic rings. The Morgan fingerprint density at radius 3 is 2.83 bits per heavy atom. The summed E-state index contributed by atoms with van der Waals surface area (Å²) >= 11 is 1.47. The number of thiazole rings is 1. The smallest absolute Gasteiger partial charge is 0.246 e. The summed E-state index contributed by atoms with van der Waals surface area (Å²) in [7, 11) is 0. The third-order valence-corrected chi connectivity index (χ3v) is 4.01. The van der Waals surface area contributed by atoms with Crippen molar-refractivity contribution in [2.45, 2.75) is 13.3 Å². The summed E-state index contributed by atoms with van der Waals surface area (Å²) in [6.45, 7) is 1.77. The molecule has 0 saturated heterocycles. The van der Waals surface area contributed by atoms with E-state index in [4.69, 9.17) is 4.42 Å². The number of amides is 1. The first-order valence-electron chi connectivity index (χ1n) is 7.09. The van der Waals surface area contributed by atoms with Crippen LogP contribution in [0.4, 0.5) is 0 Å². The number of benzene rings is 1. The maximum Gasteiger partial charge on any atom is 0.246 e. The summed E-state index contributed by atoms with van der Waals surface area (Å²) in [4.78, 5) is 16.4. The highest BCUT2D eigenvalue weighted by Crippen LogP contribution is 2.21. The molecule has 2 aromatic heterocycles. The van der Waals surface area contributed by atoms with Crippen molar-refractivity contribution in [3.05, 3.63) is 64.9 Å². The molecule has 0 spiro atoms. The molecule has 116 valence electrons. The van der Waals surface area contributed by atoms with Crippen LogP contribution < -0.4 is 5.43 Å². The number of hydrogen-bond donors (Lipinski definition) is 1. The van der Waals surface area contributed by atoms with Crippen LogP contribution in [0.5, 0.6) is 0 Å². The molecule has 1 N–H and O–H groups in total. The van der Waals surface area contributed by atoms with E-state index in [-0.39, 0.29) is 12.3 Å². The topological polar surface area (TPSA) is 67.5 Å². The quantitative estimate of drug-likeness (QED) is 0.577. The zero-order valence-corrected chi connectivity index (χ0v) is 13.3. The lowest BCUT2D eigenvalue weighted by Crippen LogP contribution is -2.21. The average Bonchev–Trinajstić information content (AvgIpc) is 3.25. The van der Waals surface area contributed by atoms with E-state index in [1.54, 1.807) is 25.3 Å². The van der Waals surface area contributed by atoms with Crippen molar-refractivity contribution in [3.63, 3.8) is 0 Å². The second-order valence-electron chi connectivity index (χ2n) is 4.88. The summed E-state index contributed by atoms with van der Waals surface area (Å²) in [6.07, 6.45) is 1.77. The van der Waals surface area contributed by atoms with Crippen LogP contribution in [0.25, 0.3) is 11.3 Å². The van der Waals surface area contributed by atoms with Gasteiger partial charge >= 0.3 is 0 Å². The minimum absolute atomic E-state index is 0.201. The number of rotatable bonds is 5. The molecule has 5 nitrogen and oxygen atoms in total. The Hall–Kier alpha value is -2.73. The van der Waals surface area contributed by atoms with Crippen LogP contribution >= 0.6 is 11.3 Å². The molecular weight excluding hydrogens is 310 g/mol. The molecule has 0 atom stereocenters. The van der Waals surface area contributed by atoms with E-state index in [0.717, 1.165) is 16.3 Å². The van der Waals surface area contributed by atoms with Crippen molar-refractivity contribution in [1.82, 2.24) is 10.4 Å². The molecule has 0 bridgehead atoms. The molecule has 3 aromatic rings. The Morgan fingerprint density at radius 2 is 2.09 bits per heavy atom. The number of carbonyl (C=O) groups is 1. The Balaban J connectivity index is 1.60. The van der Waals surface area contributed by atoms with E-state index in [9.17, 15) is 4.79 Å². The predicted octanol–water partition coefficient (Wildman–Crippen LogP) is 3.49. The third-order valence-electron chi connectivity index (χ3n) is 3.16. The minimum atomic E-state index is -0.204. The lowest BCUT2D eigenvalue weighted by molar-refractivity contribution is -0.120. The molecule has 3 rings (SSSR count). The first-order valence-corrected chi connectivity index (χ1v) is 7.97. The van der Waals surface area contributed by atoms with E-state index < -0.39 is 0 Å². The number of furan rings is 1. The molecule has 0 unspecified atom stereocenters. The highest BCUT2D eigenvalue weighted by atomic mass is 32.1. The number of nitrogens with one attached hydrogen (secondary N) is 1. The van der Waals surface area contributed by atoms with Crippen LogP contribution in [0.15, 0.2) is 63.6 Å². The van der Waals surface area contributed by atoms with Crippen molar-refractivity contribution >= 4 is 23.0 Å². The average molecular weight is 325 g/mol. The first-order chi connectivity index (χ1) is 11.2. The monoisotopic (exact) mass is 325 g/mol. The van der Waals surface area contributed by atoms with Gasteiger partial charge in [0.15, 0.2) is 0 Å². The lowest BCUT2D eigenvalue weighted by Gasteiger charge is -1.99. The summed E-state index contributed by atoms with van der Waals surface area (Å²) in [5.41, 5.74) is 5.07. The van der Waals surface area contributed by atoms with Crippen LogP contribution in [0.1, 0.15) is 17.7 Å². The molecule has 6 heteroatoms. The molecule has 2 heterocycles. The van der Waals surface area contributed by atoms with Gasteiger partial charge in [-0.15, -0.1) is 11.3 Å². The Bertz CT molecular complexity index is 808. The fourth-order valence-electron chi connectivity index (χ4n) is 2.00. The van der Waals surface area contributed by atoms with Crippen LogP contribution in [0, 0.1) is 0 Å². The van der Waals surface area contributed by atoms with Crippen LogP contribution in [0.3, 0.4) is 0 Å². The van der Waals surface area contributed by atoms with Gasteiger partial charge in [-0.3, -0.25) is 4.79 Å². The number of nitrogens with zero attached hydrogens (tertiary/aromatic N) is 2. The summed E-state index contributed by atoms with van der Waals surface area (Å²) in [5, 5.41) is 6.74. The van der Waals surface area contributed by atoms with E-state index in [1.807, 2.05) is 35.7 Å². The van der Waals surface area contributed by atoms with Gasteiger partial charge in [0.05, 0.1) is 18.4 Å². The maximum absolute atomic E-state index is 12.0. The Labute approximate surface area is 137 Å². The molecular formula is C17H15N3O2S. The molecule has 23 heavy (non-hydrogen) atoms. The Morgan fingerprint density at radius 1 is 1.26 bits per heavy atom. The molecule has 1 amide bonds. The zero-order valence-electron chi connectivity index (χ0n) is 12.5. The molecule has 0 aliphatic heterocycles. The lowest BCUT2D eigenvalue weighted by atomic mass is 10.2. The molecule has 0 fully saturated rings. The predicted molar refractivity (Wildman–Crippen MR) is 90.3 cm³/mol. The van der Waals surface area contributed by atoms with Crippen molar-refractivity contribution in [2.75, 3.05) is 0 Å². The van der Waals surface area contributed by atoms with Gasteiger partial charge in [0.2, 0.25) is 5.91 Å². The van der Waals surface area contributed by atoms with Gasteiger partial charge in [0.1, 0.15) is 16.5 Å². The maximum atomic E-state index is 12.0. The van der Waals surface area contributed by atoms with Crippen LogP contribution in [0.2, 0.25) is 0 Å². The fraction of sp³-hybridized carbons (Fsp3) is 0.118. The largest absolute Gasteiger partial charge is 0.463 e. The van der Waals surface area contributed by atoms with E-state index in [0.29, 0.717) is 11.5 Å². The van der Waals surface area contributed by atoms with Crippen LogP contribution in [-0.4, -0.2) is 16.6 Å². The standard InChI is InChI=1S/C17H15N3O2S/c1-12(15-8-5-9-22-15)19-20-16(21)10-17-18-14(11-23-17)13-6-3-2-4-7-13/h2-9,11H,10H2,1H3,(H,20,21)/b19-12-. The van der Waals surface area contributed by atoms with Crippen molar-refractivity contribution in [3.8, 4) is 11.3 Å². The number of hydrazone groups is 1. The normalized spacial score (nSPS) is 11.4. The van der Waals surface area contributed by atoms with E-state index in [1.165, 1.54) is 11.3 Å². The van der Waals surface area contributed by atoms with Gasteiger partial charge in [0, 0.05) is 10.9 Å². The van der Waals surface area contributed by atoms with Gasteiger partial charge in [-0.1, -0.05) is 30.3 Å².